The number of pyridine rings is 1. The smallest absolute Gasteiger partial charge is 0.307 e. The molecule has 1 heterocycles. The van der Waals surface area contributed by atoms with Gasteiger partial charge in [-0.05, 0) is 30.4 Å². The number of anilines is 1. The maximum absolute atomic E-state index is 12.5. The van der Waals surface area contributed by atoms with Crippen LogP contribution < -0.4 is 5.32 Å². The lowest BCUT2D eigenvalue weighted by molar-refractivity contribution is -0.141. The van der Waals surface area contributed by atoms with Crippen LogP contribution in [0.1, 0.15) is 32.8 Å². The number of nitrogens with one attached hydrogen (secondary N) is 1. The third kappa shape index (κ3) is 2.28. The number of carbonyl (C=O) groups excluding carboxylic acids is 1. The zero-order valence-corrected chi connectivity index (χ0v) is 12.0. The van der Waals surface area contributed by atoms with Crippen molar-refractivity contribution in [2.24, 2.45) is 17.3 Å². The van der Waals surface area contributed by atoms with E-state index >= 15 is 0 Å². The Morgan fingerprint density at radius 1 is 1.55 bits per heavy atom. The first kappa shape index (κ1) is 14.5. The molecule has 1 aliphatic carbocycles. The zero-order chi connectivity index (χ0) is 14.9. The lowest BCUT2D eigenvalue weighted by Gasteiger charge is -2.21. The van der Waals surface area contributed by atoms with Gasteiger partial charge in [-0.15, -0.1) is 0 Å². The van der Waals surface area contributed by atoms with Gasteiger partial charge in [-0.25, -0.2) is 0 Å². The predicted molar refractivity (Wildman–Crippen MR) is 75.3 cm³/mol. The zero-order valence-electron chi connectivity index (χ0n) is 12.0. The first-order valence-corrected chi connectivity index (χ1v) is 6.90. The van der Waals surface area contributed by atoms with Crippen LogP contribution in [0.3, 0.4) is 0 Å². The summed E-state index contributed by atoms with van der Waals surface area (Å²) < 4.78 is 0. The summed E-state index contributed by atoms with van der Waals surface area (Å²) in [5.41, 5.74) is 0.892. The molecule has 1 aromatic heterocycles. The first-order chi connectivity index (χ1) is 9.43. The number of carbonyl (C=O) groups is 2. The Morgan fingerprint density at radius 3 is 2.75 bits per heavy atom. The van der Waals surface area contributed by atoms with E-state index in [1.54, 1.807) is 12.4 Å². The van der Waals surface area contributed by atoms with Gasteiger partial charge >= 0.3 is 5.97 Å². The monoisotopic (exact) mass is 276 g/mol. The molecule has 0 unspecified atom stereocenters. The summed E-state index contributed by atoms with van der Waals surface area (Å²) in [4.78, 5) is 27.7. The minimum Gasteiger partial charge on any atom is -0.481 e. The van der Waals surface area contributed by atoms with Crippen molar-refractivity contribution in [3.8, 4) is 0 Å². The van der Waals surface area contributed by atoms with E-state index in [0.717, 1.165) is 12.0 Å². The molecular weight excluding hydrogens is 256 g/mol. The Hall–Kier alpha value is -1.91. The number of aromatic nitrogens is 1. The second-order valence-electron chi connectivity index (χ2n) is 5.63. The number of hydrogen-bond donors (Lipinski definition) is 2. The average molecular weight is 276 g/mol. The van der Waals surface area contributed by atoms with Crippen LogP contribution in [0.25, 0.3) is 0 Å². The van der Waals surface area contributed by atoms with E-state index in [1.165, 1.54) is 0 Å². The van der Waals surface area contributed by atoms with Crippen molar-refractivity contribution in [3.63, 3.8) is 0 Å². The summed E-state index contributed by atoms with van der Waals surface area (Å²) in [6.45, 7) is 5.79. The van der Waals surface area contributed by atoms with Crippen molar-refractivity contribution in [2.45, 2.75) is 33.6 Å². The van der Waals surface area contributed by atoms with E-state index < -0.39 is 17.3 Å². The molecule has 5 heteroatoms. The molecule has 2 N–H and O–H groups in total. The van der Waals surface area contributed by atoms with Crippen LogP contribution in [0, 0.1) is 17.3 Å². The van der Waals surface area contributed by atoms with Gasteiger partial charge in [0.25, 0.3) is 0 Å². The van der Waals surface area contributed by atoms with E-state index in [2.05, 4.69) is 10.3 Å². The largest absolute Gasteiger partial charge is 0.481 e. The number of nitrogens with zero attached hydrogens (tertiary/aromatic N) is 1. The van der Waals surface area contributed by atoms with Crippen LogP contribution >= 0.6 is 0 Å². The molecular formula is C15H20N2O3. The lowest BCUT2D eigenvalue weighted by atomic mass is 9.88. The Kier molecular flexibility index (Phi) is 3.79. The number of hydrogen-bond acceptors (Lipinski definition) is 3. The second kappa shape index (κ2) is 5.23. The van der Waals surface area contributed by atoms with Gasteiger partial charge in [0.15, 0.2) is 0 Å². The summed E-state index contributed by atoms with van der Waals surface area (Å²) >= 11 is 0. The van der Waals surface area contributed by atoms with Crippen molar-refractivity contribution in [2.75, 3.05) is 5.32 Å². The summed E-state index contributed by atoms with van der Waals surface area (Å²) in [5, 5.41) is 12.0. The molecule has 0 saturated heterocycles. The van der Waals surface area contributed by atoms with Gasteiger partial charge in [0.2, 0.25) is 5.91 Å². The SMILES string of the molecule is CCc1ccncc1NC(=O)[C@]1(C(C)C)C[C@@H]1C(=O)O. The van der Waals surface area contributed by atoms with Crippen molar-refractivity contribution < 1.29 is 14.7 Å². The number of aryl methyl sites for hydroxylation is 1. The summed E-state index contributed by atoms with van der Waals surface area (Å²) in [5.74, 6) is -1.69. The molecule has 20 heavy (non-hydrogen) atoms. The molecule has 5 nitrogen and oxygen atoms in total. The number of carboxylic acid groups (broad SMARTS) is 1. The molecule has 1 aliphatic rings. The summed E-state index contributed by atoms with van der Waals surface area (Å²) in [7, 11) is 0. The first-order valence-electron chi connectivity index (χ1n) is 6.90. The highest BCUT2D eigenvalue weighted by Gasteiger charge is 2.65. The van der Waals surface area contributed by atoms with Crippen LogP contribution in [-0.2, 0) is 16.0 Å². The van der Waals surface area contributed by atoms with E-state index in [-0.39, 0.29) is 11.8 Å². The summed E-state index contributed by atoms with van der Waals surface area (Å²) in [6, 6.07) is 1.86. The van der Waals surface area contributed by atoms with Crippen LogP contribution in [0.2, 0.25) is 0 Å². The maximum atomic E-state index is 12.5. The third-order valence-electron chi connectivity index (χ3n) is 4.30. The fraction of sp³-hybridized carbons (Fsp3) is 0.533. The van der Waals surface area contributed by atoms with Gasteiger partial charge in [-0.3, -0.25) is 14.6 Å². The normalized spacial score (nSPS) is 24.5. The molecule has 0 radical (unpaired) electrons. The number of amides is 1. The van der Waals surface area contributed by atoms with E-state index in [4.69, 9.17) is 5.11 Å². The molecule has 0 aromatic carbocycles. The Morgan fingerprint density at radius 2 is 2.25 bits per heavy atom. The molecule has 0 aliphatic heterocycles. The van der Waals surface area contributed by atoms with E-state index in [9.17, 15) is 9.59 Å². The van der Waals surface area contributed by atoms with Gasteiger partial charge in [-0.1, -0.05) is 20.8 Å². The highest BCUT2D eigenvalue weighted by molar-refractivity contribution is 6.02. The van der Waals surface area contributed by atoms with Crippen LogP contribution in [0.5, 0.6) is 0 Å². The molecule has 1 saturated carbocycles. The maximum Gasteiger partial charge on any atom is 0.307 e. The molecule has 0 bridgehead atoms. The third-order valence-corrected chi connectivity index (χ3v) is 4.30. The second-order valence-corrected chi connectivity index (χ2v) is 5.63. The molecule has 2 atom stereocenters. The molecule has 0 spiro atoms. The fourth-order valence-electron chi connectivity index (χ4n) is 2.82. The number of carboxylic acids is 1. The Labute approximate surface area is 118 Å². The minimum absolute atomic E-state index is 0.00894. The van der Waals surface area contributed by atoms with Gasteiger partial charge in [-0.2, -0.15) is 0 Å². The van der Waals surface area contributed by atoms with Crippen LogP contribution in [0.15, 0.2) is 18.5 Å². The minimum atomic E-state index is -0.893. The van der Waals surface area contributed by atoms with Crippen LogP contribution in [0.4, 0.5) is 5.69 Å². The Bertz CT molecular complexity index is 542. The van der Waals surface area contributed by atoms with Gasteiger partial charge in [0.1, 0.15) is 0 Å². The quantitative estimate of drug-likeness (QED) is 0.865. The fourth-order valence-corrected chi connectivity index (χ4v) is 2.82. The van der Waals surface area contributed by atoms with E-state index in [0.29, 0.717) is 12.1 Å². The highest BCUT2D eigenvalue weighted by atomic mass is 16.4. The summed E-state index contributed by atoms with van der Waals surface area (Å²) in [6.07, 6.45) is 4.50. The standard InChI is InChI=1S/C15H20N2O3/c1-4-10-5-6-16-8-12(10)17-14(20)15(9(2)3)7-11(15)13(18)19/h5-6,8-9,11H,4,7H2,1-3H3,(H,17,20)(H,18,19)/t11-,15+/m1/s1. The highest BCUT2D eigenvalue weighted by Crippen LogP contribution is 2.58. The topological polar surface area (TPSA) is 79.3 Å². The molecule has 1 fully saturated rings. The van der Waals surface area contributed by atoms with Crippen molar-refractivity contribution in [3.05, 3.63) is 24.0 Å². The van der Waals surface area contributed by atoms with Gasteiger partial charge in [0.05, 0.1) is 23.2 Å². The molecule has 108 valence electrons. The predicted octanol–water partition coefficient (Wildman–Crippen LogP) is 2.33. The van der Waals surface area contributed by atoms with Crippen molar-refractivity contribution >= 4 is 17.6 Å². The average Bonchev–Trinajstić information content (AvgIpc) is 3.16. The molecule has 1 amide bonds. The van der Waals surface area contributed by atoms with Crippen molar-refractivity contribution in [1.29, 1.82) is 0 Å². The van der Waals surface area contributed by atoms with Crippen molar-refractivity contribution in [1.82, 2.24) is 4.98 Å². The van der Waals surface area contributed by atoms with E-state index in [1.807, 2.05) is 26.8 Å². The molecule has 1 aromatic rings. The Balaban J connectivity index is 2.21. The lowest BCUT2D eigenvalue weighted by Crippen LogP contribution is -2.32. The number of aliphatic carboxylic acids is 1. The van der Waals surface area contributed by atoms with Crippen LogP contribution in [-0.4, -0.2) is 22.0 Å². The number of rotatable bonds is 5. The van der Waals surface area contributed by atoms with Gasteiger partial charge in [0, 0.05) is 6.20 Å². The van der Waals surface area contributed by atoms with Gasteiger partial charge < -0.3 is 10.4 Å². The molecule has 2 rings (SSSR count).